The summed E-state index contributed by atoms with van der Waals surface area (Å²) >= 11 is 1.65. The lowest BCUT2D eigenvalue weighted by Gasteiger charge is -2.02. The molecule has 0 unspecified atom stereocenters. The molecule has 0 bridgehead atoms. The van der Waals surface area contributed by atoms with Gasteiger partial charge in [0.1, 0.15) is 6.29 Å². The van der Waals surface area contributed by atoms with Gasteiger partial charge in [-0.1, -0.05) is 12.1 Å². The molecule has 1 aliphatic carbocycles. The number of rotatable bonds is 4. The number of aromatic nitrogens is 1. The van der Waals surface area contributed by atoms with E-state index >= 15 is 0 Å². The van der Waals surface area contributed by atoms with Crippen LogP contribution < -0.4 is 0 Å². The van der Waals surface area contributed by atoms with Crippen LogP contribution in [0.25, 0.3) is 11.3 Å². The number of hydrogen-bond donors (Lipinski definition) is 0. The van der Waals surface area contributed by atoms with Gasteiger partial charge >= 0.3 is 0 Å². The van der Waals surface area contributed by atoms with E-state index in [0.717, 1.165) is 23.4 Å². The third-order valence-electron chi connectivity index (χ3n) is 3.42. The summed E-state index contributed by atoms with van der Waals surface area (Å²) in [7, 11) is 0. The molecule has 0 spiro atoms. The highest BCUT2D eigenvalue weighted by molar-refractivity contribution is 7.09. The average Bonchev–Trinajstić information content (AvgIpc) is 3.04. The van der Waals surface area contributed by atoms with Crippen LogP contribution in [0.4, 0.5) is 0 Å². The van der Waals surface area contributed by atoms with Crippen LogP contribution in [-0.4, -0.2) is 11.3 Å². The zero-order valence-electron chi connectivity index (χ0n) is 10.2. The quantitative estimate of drug-likeness (QED) is 0.785. The Morgan fingerprint density at radius 3 is 3.06 bits per heavy atom. The Morgan fingerprint density at radius 2 is 2.17 bits per heavy atom. The Balaban J connectivity index is 1.85. The van der Waals surface area contributed by atoms with Gasteiger partial charge in [0, 0.05) is 23.8 Å². The average molecular weight is 257 g/mol. The first-order valence-electron chi connectivity index (χ1n) is 6.37. The minimum atomic E-state index is 0.567. The van der Waals surface area contributed by atoms with Crippen LogP contribution in [-0.2, 0) is 24.1 Å². The third kappa shape index (κ3) is 2.23. The zero-order valence-corrected chi connectivity index (χ0v) is 11.0. The highest BCUT2D eigenvalue weighted by Gasteiger charge is 2.12. The van der Waals surface area contributed by atoms with E-state index in [4.69, 9.17) is 0 Å². The van der Waals surface area contributed by atoms with Gasteiger partial charge in [-0.05, 0) is 36.5 Å². The number of nitrogens with zero attached hydrogens (tertiary/aromatic N) is 1. The summed E-state index contributed by atoms with van der Waals surface area (Å²) in [4.78, 5) is 15.0. The van der Waals surface area contributed by atoms with E-state index in [0.29, 0.717) is 6.42 Å². The predicted octanol–water partition coefficient (Wildman–Crippen LogP) is 3.43. The Hall–Kier alpha value is -1.48. The monoisotopic (exact) mass is 257 g/mol. The van der Waals surface area contributed by atoms with Gasteiger partial charge in [0.15, 0.2) is 0 Å². The summed E-state index contributed by atoms with van der Waals surface area (Å²) in [6.45, 7) is 0. The van der Waals surface area contributed by atoms with Crippen molar-refractivity contribution in [3.8, 4) is 11.3 Å². The number of benzene rings is 1. The molecule has 1 aromatic carbocycles. The molecule has 0 atom stereocenters. The van der Waals surface area contributed by atoms with Gasteiger partial charge in [0.2, 0.25) is 0 Å². The van der Waals surface area contributed by atoms with Gasteiger partial charge in [0.25, 0.3) is 0 Å². The first-order valence-corrected chi connectivity index (χ1v) is 7.25. The van der Waals surface area contributed by atoms with E-state index in [9.17, 15) is 4.79 Å². The van der Waals surface area contributed by atoms with Crippen molar-refractivity contribution >= 4 is 17.6 Å². The fourth-order valence-corrected chi connectivity index (χ4v) is 3.30. The molecule has 2 aromatic rings. The van der Waals surface area contributed by atoms with Gasteiger partial charge in [0.05, 0.1) is 10.7 Å². The number of fused-ring (bicyclic) bond motifs is 1. The van der Waals surface area contributed by atoms with Crippen LogP contribution in [0.5, 0.6) is 0 Å². The van der Waals surface area contributed by atoms with Gasteiger partial charge in [-0.25, -0.2) is 4.98 Å². The molecule has 0 N–H and O–H groups in total. The fraction of sp³-hybridized carbons (Fsp3) is 0.333. The predicted molar refractivity (Wildman–Crippen MR) is 74.0 cm³/mol. The van der Waals surface area contributed by atoms with E-state index in [1.54, 1.807) is 11.3 Å². The number of aldehydes is 1. The molecule has 1 heterocycles. The highest BCUT2D eigenvalue weighted by Crippen LogP contribution is 2.28. The Labute approximate surface area is 111 Å². The van der Waals surface area contributed by atoms with Crippen LogP contribution in [0.15, 0.2) is 23.6 Å². The van der Waals surface area contributed by atoms with Crippen molar-refractivity contribution in [1.29, 1.82) is 0 Å². The summed E-state index contributed by atoms with van der Waals surface area (Å²) < 4.78 is 0. The number of carbonyl (C=O) groups excluding carboxylic acids is 1. The lowest BCUT2D eigenvalue weighted by Crippen LogP contribution is -1.87. The van der Waals surface area contributed by atoms with Gasteiger partial charge in [-0.3, -0.25) is 0 Å². The summed E-state index contributed by atoms with van der Waals surface area (Å²) in [6, 6.07) is 6.69. The topological polar surface area (TPSA) is 30.0 Å². The number of aryl methyl sites for hydroxylation is 3. The molecule has 0 fully saturated rings. The molecule has 0 saturated carbocycles. The van der Waals surface area contributed by atoms with Crippen LogP contribution in [0.2, 0.25) is 0 Å². The second-order valence-corrected chi connectivity index (χ2v) is 5.61. The molecule has 0 saturated heterocycles. The normalized spacial score (nSPS) is 13.6. The van der Waals surface area contributed by atoms with Crippen molar-refractivity contribution in [1.82, 2.24) is 4.98 Å². The maximum atomic E-state index is 10.4. The van der Waals surface area contributed by atoms with Gasteiger partial charge in [-0.2, -0.15) is 0 Å². The third-order valence-corrected chi connectivity index (χ3v) is 4.33. The van der Waals surface area contributed by atoms with Crippen LogP contribution in [0, 0.1) is 0 Å². The van der Waals surface area contributed by atoms with E-state index in [1.165, 1.54) is 36.0 Å². The standard InChI is InChI=1S/C15H15NOS/c17-8-2-5-15-16-14(10-18-15)13-7-6-11-3-1-4-12(11)9-13/h6-10H,1-5H2. The smallest absolute Gasteiger partial charge is 0.120 e. The van der Waals surface area contributed by atoms with E-state index < -0.39 is 0 Å². The molecular weight excluding hydrogens is 242 g/mol. The number of carbonyl (C=O) groups is 1. The molecule has 0 amide bonds. The van der Waals surface area contributed by atoms with Crippen LogP contribution in [0.1, 0.15) is 29.0 Å². The second-order valence-electron chi connectivity index (χ2n) is 4.67. The largest absolute Gasteiger partial charge is 0.303 e. The molecule has 18 heavy (non-hydrogen) atoms. The Morgan fingerprint density at radius 1 is 1.28 bits per heavy atom. The molecular formula is C15H15NOS. The number of thiazole rings is 1. The summed E-state index contributed by atoms with van der Waals surface area (Å²) in [6.07, 6.45) is 5.98. The molecule has 92 valence electrons. The number of hydrogen-bond acceptors (Lipinski definition) is 3. The zero-order chi connectivity index (χ0) is 12.4. The maximum absolute atomic E-state index is 10.4. The molecule has 3 heteroatoms. The van der Waals surface area contributed by atoms with Crippen molar-refractivity contribution in [3.05, 3.63) is 39.7 Å². The Bertz CT molecular complexity index is 574. The summed E-state index contributed by atoms with van der Waals surface area (Å²) in [5.41, 5.74) is 5.24. The molecule has 2 nitrogen and oxygen atoms in total. The minimum Gasteiger partial charge on any atom is -0.303 e. The first-order chi connectivity index (χ1) is 8.86. The van der Waals surface area contributed by atoms with Gasteiger partial charge < -0.3 is 4.79 Å². The second kappa shape index (κ2) is 5.02. The van der Waals surface area contributed by atoms with Crippen molar-refractivity contribution in [2.24, 2.45) is 0 Å². The first kappa shape index (κ1) is 11.6. The molecule has 1 aromatic heterocycles. The highest BCUT2D eigenvalue weighted by atomic mass is 32.1. The van der Waals surface area contributed by atoms with Crippen molar-refractivity contribution in [2.45, 2.75) is 32.1 Å². The summed E-state index contributed by atoms with van der Waals surface area (Å²) in [5.74, 6) is 0. The van der Waals surface area contributed by atoms with Crippen molar-refractivity contribution in [2.75, 3.05) is 0 Å². The van der Waals surface area contributed by atoms with Crippen LogP contribution >= 0.6 is 11.3 Å². The van der Waals surface area contributed by atoms with E-state index in [-0.39, 0.29) is 0 Å². The lowest BCUT2D eigenvalue weighted by atomic mass is 10.1. The Kier molecular flexibility index (Phi) is 3.24. The molecule has 0 radical (unpaired) electrons. The lowest BCUT2D eigenvalue weighted by molar-refractivity contribution is -0.107. The molecule has 0 aliphatic heterocycles. The van der Waals surface area contributed by atoms with Crippen LogP contribution in [0.3, 0.4) is 0 Å². The van der Waals surface area contributed by atoms with Gasteiger partial charge in [-0.15, -0.1) is 11.3 Å². The van der Waals surface area contributed by atoms with E-state index in [1.807, 2.05) is 0 Å². The van der Waals surface area contributed by atoms with E-state index in [2.05, 4.69) is 28.6 Å². The minimum absolute atomic E-state index is 0.567. The van der Waals surface area contributed by atoms with Crippen molar-refractivity contribution < 1.29 is 4.79 Å². The fourth-order valence-electron chi connectivity index (χ4n) is 2.47. The summed E-state index contributed by atoms with van der Waals surface area (Å²) in [5, 5.41) is 3.15. The maximum Gasteiger partial charge on any atom is 0.120 e. The molecule has 3 rings (SSSR count). The SMILES string of the molecule is O=CCCc1nc(-c2ccc3c(c2)CCC3)cs1. The molecule has 1 aliphatic rings. The van der Waals surface area contributed by atoms with Crippen molar-refractivity contribution in [3.63, 3.8) is 0 Å².